The molecule has 1 saturated carbocycles. The molecule has 1 heterocycles. The van der Waals surface area contributed by atoms with Crippen molar-refractivity contribution in [3.8, 4) is 5.69 Å². The Morgan fingerprint density at radius 3 is 2.67 bits per heavy atom. The lowest BCUT2D eigenvalue weighted by atomic mass is 9.86. The van der Waals surface area contributed by atoms with Crippen molar-refractivity contribution in [2.45, 2.75) is 57.9 Å². The first kappa shape index (κ1) is 14.3. The molecule has 2 N–H and O–H groups in total. The molecular weight excluding hydrogens is 260 g/mol. The van der Waals surface area contributed by atoms with Crippen LogP contribution in [0, 0.1) is 0 Å². The zero-order valence-corrected chi connectivity index (χ0v) is 12.8. The average molecular weight is 284 g/mol. The molecule has 21 heavy (non-hydrogen) atoms. The van der Waals surface area contributed by atoms with Crippen molar-refractivity contribution in [3.05, 3.63) is 41.2 Å². The van der Waals surface area contributed by atoms with Gasteiger partial charge in [-0.15, -0.1) is 5.10 Å². The number of aromatic nitrogens is 3. The average Bonchev–Trinajstić information content (AvgIpc) is 2.99. The second-order valence-electron chi connectivity index (χ2n) is 5.85. The van der Waals surface area contributed by atoms with Crippen LogP contribution in [0.25, 0.3) is 5.69 Å². The third-order valence-electron chi connectivity index (χ3n) is 4.56. The standard InChI is InChI=1S/C17H24N4/c1-2-13-8-6-7-11-16(13)21-17(15(12-18)19-20-21)14-9-4-3-5-10-14/h6-8,11,14H,2-5,9-10,12,18H2,1H3. The summed E-state index contributed by atoms with van der Waals surface area (Å²) >= 11 is 0. The molecule has 0 amide bonds. The molecule has 4 nitrogen and oxygen atoms in total. The van der Waals surface area contributed by atoms with Gasteiger partial charge in [-0.25, -0.2) is 4.68 Å². The summed E-state index contributed by atoms with van der Waals surface area (Å²) in [5.74, 6) is 0.553. The summed E-state index contributed by atoms with van der Waals surface area (Å²) in [6.45, 7) is 2.65. The van der Waals surface area contributed by atoms with Crippen molar-refractivity contribution in [1.82, 2.24) is 15.0 Å². The monoisotopic (exact) mass is 284 g/mol. The molecule has 1 fully saturated rings. The second-order valence-corrected chi connectivity index (χ2v) is 5.85. The maximum atomic E-state index is 5.90. The van der Waals surface area contributed by atoms with Crippen LogP contribution in [-0.2, 0) is 13.0 Å². The molecule has 1 aliphatic carbocycles. The van der Waals surface area contributed by atoms with Crippen molar-refractivity contribution < 1.29 is 0 Å². The van der Waals surface area contributed by atoms with E-state index in [0.29, 0.717) is 12.5 Å². The van der Waals surface area contributed by atoms with Crippen molar-refractivity contribution in [1.29, 1.82) is 0 Å². The SMILES string of the molecule is CCc1ccccc1-n1nnc(CN)c1C1CCCCC1. The summed E-state index contributed by atoms with van der Waals surface area (Å²) in [4.78, 5) is 0. The third-order valence-corrected chi connectivity index (χ3v) is 4.56. The Morgan fingerprint density at radius 2 is 1.95 bits per heavy atom. The van der Waals surface area contributed by atoms with Gasteiger partial charge in [0.2, 0.25) is 0 Å². The van der Waals surface area contributed by atoms with Crippen LogP contribution < -0.4 is 5.73 Å². The summed E-state index contributed by atoms with van der Waals surface area (Å²) in [5.41, 5.74) is 10.6. The molecule has 0 spiro atoms. The molecule has 0 unspecified atom stereocenters. The first-order chi connectivity index (χ1) is 10.3. The van der Waals surface area contributed by atoms with Crippen molar-refractivity contribution >= 4 is 0 Å². The van der Waals surface area contributed by atoms with Gasteiger partial charge in [0.1, 0.15) is 5.69 Å². The summed E-state index contributed by atoms with van der Waals surface area (Å²) < 4.78 is 2.05. The predicted molar refractivity (Wildman–Crippen MR) is 84.5 cm³/mol. The van der Waals surface area contributed by atoms with Gasteiger partial charge in [-0.2, -0.15) is 0 Å². The first-order valence-electron chi connectivity index (χ1n) is 8.08. The van der Waals surface area contributed by atoms with Gasteiger partial charge in [0, 0.05) is 12.5 Å². The van der Waals surface area contributed by atoms with Crippen molar-refractivity contribution in [3.63, 3.8) is 0 Å². The van der Waals surface area contributed by atoms with E-state index in [9.17, 15) is 0 Å². The maximum absolute atomic E-state index is 5.90. The van der Waals surface area contributed by atoms with Crippen molar-refractivity contribution in [2.24, 2.45) is 5.73 Å². The Balaban J connectivity index is 2.08. The van der Waals surface area contributed by atoms with Crippen LogP contribution in [-0.4, -0.2) is 15.0 Å². The van der Waals surface area contributed by atoms with E-state index in [-0.39, 0.29) is 0 Å². The highest BCUT2D eigenvalue weighted by Crippen LogP contribution is 2.35. The summed E-state index contributed by atoms with van der Waals surface area (Å²) in [6, 6.07) is 8.47. The largest absolute Gasteiger partial charge is 0.325 e. The van der Waals surface area contributed by atoms with E-state index in [2.05, 4.69) is 46.2 Å². The molecule has 0 bridgehead atoms. The van der Waals surface area contributed by atoms with Gasteiger partial charge < -0.3 is 5.73 Å². The lowest BCUT2D eigenvalue weighted by molar-refractivity contribution is 0.427. The molecule has 1 aromatic heterocycles. The fraction of sp³-hybridized carbons (Fsp3) is 0.529. The van der Waals surface area contributed by atoms with Crippen LogP contribution in [0.1, 0.15) is 61.9 Å². The van der Waals surface area contributed by atoms with Crippen LogP contribution in [0.2, 0.25) is 0 Å². The summed E-state index contributed by atoms with van der Waals surface area (Å²) in [7, 11) is 0. The fourth-order valence-electron chi connectivity index (χ4n) is 3.44. The van der Waals surface area contributed by atoms with Crippen LogP contribution in [0.15, 0.2) is 24.3 Å². The number of hydrogen-bond acceptors (Lipinski definition) is 3. The first-order valence-corrected chi connectivity index (χ1v) is 8.08. The zero-order chi connectivity index (χ0) is 14.7. The number of nitrogens with zero attached hydrogens (tertiary/aromatic N) is 3. The van der Waals surface area contributed by atoms with Crippen LogP contribution in [0.3, 0.4) is 0 Å². The number of hydrogen-bond donors (Lipinski definition) is 1. The number of nitrogens with two attached hydrogens (primary N) is 1. The highest BCUT2D eigenvalue weighted by atomic mass is 15.4. The minimum Gasteiger partial charge on any atom is -0.325 e. The number of benzene rings is 1. The van der Waals surface area contributed by atoms with Crippen LogP contribution in [0.4, 0.5) is 0 Å². The van der Waals surface area contributed by atoms with E-state index in [1.54, 1.807) is 0 Å². The Kier molecular flexibility index (Phi) is 4.34. The quantitative estimate of drug-likeness (QED) is 0.937. The highest BCUT2D eigenvalue weighted by molar-refractivity contribution is 5.42. The van der Waals surface area contributed by atoms with Crippen LogP contribution >= 0.6 is 0 Å². The van der Waals surface area contributed by atoms with E-state index in [0.717, 1.165) is 17.8 Å². The molecule has 1 aliphatic rings. The summed E-state index contributed by atoms with van der Waals surface area (Å²) in [5, 5.41) is 8.78. The van der Waals surface area contributed by atoms with Gasteiger partial charge in [-0.3, -0.25) is 0 Å². The molecule has 4 heteroatoms. The normalized spacial score (nSPS) is 16.3. The van der Waals surface area contributed by atoms with Gasteiger partial charge in [0.25, 0.3) is 0 Å². The van der Waals surface area contributed by atoms with E-state index in [1.807, 2.05) is 0 Å². The van der Waals surface area contributed by atoms with E-state index in [1.165, 1.54) is 43.4 Å². The number of aryl methyl sites for hydroxylation is 1. The maximum Gasteiger partial charge on any atom is 0.100 e. The molecule has 0 radical (unpaired) electrons. The lowest BCUT2D eigenvalue weighted by Gasteiger charge is -2.23. The topological polar surface area (TPSA) is 56.7 Å². The second kappa shape index (κ2) is 6.39. The minimum absolute atomic E-state index is 0.472. The van der Waals surface area contributed by atoms with E-state index in [4.69, 9.17) is 5.73 Å². The Hall–Kier alpha value is -1.68. The third kappa shape index (κ3) is 2.72. The van der Waals surface area contributed by atoms with Gasteiger partial charge >= 0.3 is 0 Å². The Labute approximate surface area is 126 Å². The summed E-state index contributed by atoms with van der Waals surface area (Å²) in [6.07, 6.45) is 7.41. The molecule has 2 aromatic rings. The fourth-order valence-corrected chi connectivity index (χ4v) is 3.44. The van der Waals surface area contributed by atoms with Gasteiger partial charge in [-0.05, 0) is 30.9 Å². The Bertz CT molecular complexity index is 597. The molecule has 112 valence electrons. The highest BCUT2D eigenvalue weighted by Gasteiger charge is 2.25. The van der Waals surface area contributed by atoms with E-state index < -0.39 is 0 Å². The molecule has 1 aromatic carbocycles. The zero-order valence-electron chi connectivity index (χ0n) is 12.8. The van der Waals surface area contributed by atoms with E-state index >= 15 is 0 Å². The van der Waals surface area contributed by atoms with Crippen molar-refractivity contribution in [2.75, 3.05) is 0 Å². The molecular formula is C17H24N4. The Morgan fingerprint density at radius 1 is 1.19 bits per heavy atom. The molecule has 0 aliphatic heterocycles. The van der Waals surface area contributed by atoms with Crippen LogP contribution in [0.5, 0.6) is 0 Å². The van der Waals surface area contributed by atoms with Gasteiger partial charge in [0.05, 0.1) is 11.4 Å². The predicted octanol–water partition coefficient (Wildman–Crippen LogP) is 3.34. The minimum atomic E-state index is 0.472. The smallest absolute Gasteiger partial charge is 0.100 e. The van der Waals surface area contributed by atoms with Gasteiger partial charge in [-0.1, -0.05) is 49.6 Å². The number of rotatable bonds is 4. The van der Waals surface area contributed by atoms with Gasteiger partial charge in [0.15, 0.2) is 0 Å². The molecule has 3 rings (SSSR count). The molecule has 0 atom stereocenters. The lowest BCUT2D eigenvalue weighted by Crippen LogP contribution is -2.15. The number of para-hydroxylation sites is 1. The molecule has 0 saturated heterocycles.